The van der Waals surface area contributed by atoms with Crippen molar-refractivity contribution < 1.29 is 4.79 Å². The Morgan fingerprint density at radius 3 is 2.72 bits per heavy atom. The van der Waals surface area contributed by atoms with Crippen LogP contribution in [0.5, 0.6) is 0 Å². The van der Waals surface area contributed by atoms with Gasteiger partial charge in [0.25, 0.3) is 0 Å². The van der Waals surface area contributed by atoms with Crippen molar-refractivity contribution in [1.29, 1.82) is 0 Å². The van der Waals surface area contributed by atoms with Crippen LogP contribution in [-0.4, -0.2) is 25.6 Å². The van der Waals surface area contributed by atoms with Crippen molar-refractivity contribution in [3.05, 3.63) is 4.88 Å². The summed E-state index contributed by atoms with van der Waals surface area (Å²) in [6.07, 6.45) is 5.18. The maximum absolute atomic E-state index is 12.2. The van der Waals surface area contributed by atoms with E-state index in [4.69, 9.17) is 5.73 Å². The summed E-state index contributed by atoms with van der Waals surface area (Å²) in [7, 11) is 2.07. The van der Waals surface area contributed by atoms with Gasteiger partial charge < -0.3 is 10.6 Å². The van der Waals surface area contributed by atoms with E-state index in [9.17, 15) is 4.79 Å². The topological polar surface area (TPSA) is 46.3 Å². The monoisotopic (exact) mass is 284 g/mol. The van der Waals surface area contributed by atoms with Crippen LogP contribution in [-0.2, 0) is 0 Å². The fourth-order valence-electron chi connectivity index (χ4n) is 2.02. The normalized spacial score (nSPS) is 14.8. The SMILES string of the molecule is CCCN(C)c1sc(C(=O)C2CC2)c(N)c1SC. The van der Waals surface area contributed by atoms with Gasteiger partial charge in [0.1, 0.15) is 5.00 Å². The molecule has 0 bridgehead atoms. The average molecular weight is 284 g/mol. The third-order valence-electron chi connectivity index (χ3n) is 3.16. The molecule has 3 nitrogen and oxygen atoms in total. The van der Waals surface area contributed by atoms with Crippen molar-refractivity contribution in [1.82, 2.24) is 0 Å². The lowest BCUT2D eigenvalue weighted by Crippen LogP contribution is -2.17. The highest BCUT2D eigenvalue weighted by Crippen LogP contribution is 2.46. The second-order valence-electron chi connectivity index (χ2n) is 4.74. The van der Waals surface area contributed by atoms with Gasteiger partial charge in [-0.25, -0.2) is 0 Å². The molecule has 2 rings (SSSR count). The quantitative estimate of drug-likeness (QED) is 0.641. The number of nitrogens with two attached hydrogens (primary N) is 1. The lowest BCUT2D eigenvalue weighted by molar-refractivity contribution is 0.0972. The van der Waals surface area contributed by atoms with Crippen molar-refractivity contribution >= 4 is 39.6 Å². The minimum Gasteiger partial charge on any atom is -0.396 e. The van der Waals surface area contributed by atoms with Crippen molar-refractivity contribution in [2.45, 2.75) is 31.1 Å². The molecule has 0 amide bonds. The predicted octanol–water partition coefficient (Wildman–Crippen LogP) is 3.49. The van der Waals surface area contributed by atoms with E-state index in [0.717, 1.165) is 40.6 Å². The van der Waals surface area contributed by atoms with Crippen LogP contribution >= 0.6 is 23.1 Å². The number of thiophene rings is 1. The largest absolute Gasteiger partial charge is 0.396 e. The molecule has 0 unspecified atom stereocenters. The van der Waals surface area contributed by atoms with Gasteiger partial charge in [-0.3, -0.25) is 4.79 Å². The van der Waals surface area contributed by atoms with E-state index in [1.165, 1.54) is 0 Å². The molecule has 1 aliphatic rings. The first-order valence-corrected chi connectivity index (χ1v) is 8.35. The molecule has 0 spiro atoms. The molecule has 0 aliphatic heterocycles. The Bertz CT molecular complexity index is 452. The summed E-state index contributed by atoms with van der Waals surface area (Å²) in [6, 6.07) is 0. The van der Waals surface area contributed by atoms with Crippen LogP contribution in [0.1, 0.15) is 35.9 Å². The molecule has 1 heterocycles. The van der Waals surface area contributed by atoms with E-state index in [2.05, 4.69) is 18.9 Å². The van der Waals surface area contributed by atoms with E-state index in [1.807, 2.05) is 6.26 Å². The number of rotatable bonds is 6. The van der Waals surface area contributed by atoms with E-state index in [1.54, 1.807) is 23.1 Å². The predicted molar refractivity (Wildman–Crippen MR) is 81.1 cm³/mol. The summed E-state index contributed by atoms with van der Waals surface area (Å²) in [5.41, 5.74) is 6.85. The molecular formula is C13H20N2OS2. The summed E-state index contributed by atoms with van der Waals surface area (Å²) < 4.78 is 0. The summed E-state index contributed by atoms with van der Waals surface area (Å²) in [5.74, 6) is 0.494. The lowest BCUT2D eigenvalue weighted by atomic mass is 10.2. The molecule has 1 aromatic rings. The number of carbonyl (C=O) groups is 1. The second-order valence-corrected chi connectivity index (χ2v) is 6.56. The molecule has 1 aromatic heterocycles. The van der Waals surface area contributed by atoms with Gasteiger partial charge in [-0.1, -0.05) is 6.92 Å². The van der Waals surface area contributed by atoms with Crippen molar-refractivity contribution in [3.63, 3.8) is 0 Å². The number of ketones is 1. The Morgan fingerprint density at radius 1 is 1.56 bits per heavy atom. The summed E-state index contributed by atoms with van der Waals surface area (Å²) in [4.78, 5) is 16.2. The maximum Gasteiger partial charge on any atom is 0.178 e. The zero-order valence-corrected chi connectivity index (χ0v) is 12.8. The molecule has 0 aromatic carbocycles. The van der Waals surface area contributed by atoms with E-state index in [0.29, 0.717) is 5.69 Å². The van der Waals surface area contributed by atoms with Crippen LogP contribution in [0.25, 0.3) is 0 Å². The average Bonchev–Trinajstić information content (AvgIpc) is 3.13. The standard InChI is InChI=1S/C13H20N2OS2/c1-4-7-15(2)13-12(17-3)9(14)11(18-13)10(16)8-5-6-8/h8H,4-7,14H2,1-3H3. The highest BCUT2D eigenvalue weighted by Gasteiger charge is 2.34. The zero-order chi connectivity index (χ0) is 13.3. The molecule has 0 saturated heterocycles. The third-order valence-corrected chi connectivity index (χ3v) is 5.45. The number of hydrogen-bond donors (Lipinski definition) is 1. The number of nitrogen functional groups attached to an aromatic ring is 1. The van der Waals surface area contributed by atoms with Crippen LogP contribution in [0.3, 0.4) is 0 Å². The highest BCUT2D eigenvalue weighted by molar-refractivity contribution is 7.99. The second kappa shape index (κ2) is 5.53. The van der Waals surface area contributed by atoms with Gasteiger partial charge in [0, 0.05) is 19.5 Å². The van der Waals surface area contributed by atoms with Gasteiger partial charge in [0.2, 0.25) is 0 Å². The Balaban J connectivity index is 2.34. The summed E-state index contributed by atoms with van der Waals surface area (Å²) >= 11 is 3.20. The maximum atomic E-state index is 12.2. The van der Waals surface area contributed by atoms with Gasteiger partial charge in [-0.2, -0.15) is 0 Å². The fraction of sp³-hybridized carbons (Fsp3) is 0.615. The molecular weight excluding hydrogens is 264 g/mol. The van der Waals surface area contributed by atoms with E-state index < -0.39 is 0 Å². The first kappa shape index (κ1) is 13.7. The summed E-state index contributed by atoms with van der Waals surface area (Å²) in [6.45, 7) is 3.15. The molecule has 1 saturated carbocycles. The number of hydrogen-bond acceptors (Lipinski definition) is 5. The molecule has 0 atom stereocenters. The molecule has 1 fully saturated rings. The van der Waals surface area contributed by atoms with Gasteiger partial charge >= 0.3 is 0 Å². The Hall–Kier alpha value is -0.680. The van der Waals surface area contributed by atoms with Crippen LogP contribution in [0.4, 0.5) is 10.7 Å². The molecule has 18 heavy (non-hydrogen) atoms. The number of thioether (sulfide) groups is 1. The molecule has 2 N–H and O–H groups in total. The van der Waals surface area contributed by atoms with Gasteiger partial charge in [0.05, 0.1) is 15.5 Å². The minimum atomic E-state index is 0.241. The number of carbonyl (C=O) groups excluding carboxylic acids is 1. The minimum absolute atomic E-state index is 0.241. The number of anilines is 2. The first-order chi connectivity index (χ1) is 8.60. The molecule has 1 aliphatic carbocycles. The van der Waals surface area contributed by atoms with Crippen molar-refractivity contribution in [2.75, 3.05) is 30.5 Å². The zero-order valence-electron chi connectivity index (χ0n) is 11.2. The molecule has 0 radical (unpaired) electrons. The van der Waals surface area contributed by atoms with Crippen LogP contribution in [0.2, 0.25) is 0 Å². The lowest BCUT2D eigenvalue weighted by Gasteiger charge is -2.17. The highest BCUT2D eigenvalue weighted by atomic mass is 32.2. The van der Waals surface area contributed by atoms with Crippen LogP contribution in [0, 0.1) is 5.92 Å². The van der Waals surface area contributed by atoms with Crippen LogP contribution in [0.15, 0.2) is 4.90 Å². The number of nitrogens with zero attached hydrogens (tertiary/aromatic N) is 1. The van der Waals surface area contributed by atoms with Crippen molar-refractivity contribution in [3.8, 4) is 0 Å². The molecule has 100 valence electrons. The Labute approximate surface area is 117 Å². The smallest absolute Gasteiger partial charge is 0.178 e. The first-order valence-electron chi connectivity index (χ1n) is 6.31. The van der Waals surface area contributed by atoms with E-state index >= 15 is 0 Å². The number of Topliss-reactive ketones (excluding diaryl/α,β-unsaturated/α-hetero) is 1. The summed E-state index contributed by atoms with van der Waals surface area (Å²) in [5, 5.41) is 1.14. The van der Waals surface area contributed by atoms with Gasteiger partial charge in [0.15, 0.2) is 5.78 Å². The Morgan fingerprint density at radius 2 is 2.22 bits per heavy atom. The van der Waals surface area contributed by atoms with Gasteiger partial charge in [-0.05, 0) is 25.5 Å². The van der Waals surface area contributed by atoms with Gasteiger partial charge in [-0.15, -0.1) is 23.1 Å². The van der Waals surface area contributed by atoms with E-state index in [-0.39, 0.29) is 11.7 Å². The van der Waals surface area contributed by atoms with Crippen molar-refractivity contribution in [2.24, 2.45) is 5.92 Å². The Kier molecular flexibility index (Phi) is 4.22. The fourth-order valence-corrected chi connectivity index (χ4v) is 4.23. The van der Waals surface area contributed by atoms with Crippen LogP contribution < -0.4 is 10.6 Å². The third kappa shape index (κ3) is 2.52. The molecule has 5 heteroatoms.